The first-order chi connectivity index (χ1) is 7.91. The van der Waals surface area contributed by atoms with E-state index < -0.39 is 18.8 Å². The molecule has 1 aromatic rings. The third kappa shape index (κ3) is 4.52. The molecule has 0 amide bonds. The molecule has 0 N–H and O–H groups in total. The van der Waals surface area contributed by atoms with Crippen molar-refractivity contribution in [3.05, 3.63) is 29.3 Å². The van der Waals surface area contributed by atoms with E-state index in [1.165, 1.54) is 0 Å². The summed E-state index contributed by atoms with van der Waals surface area (Å²) in [6.07, 6.45) is -4.98. The van der Waals surface area contributed by atoms with E-state index in [-0.39, 0.29) is 6.61 Å². The van der Waals surface area contributed by atoms with Crippen LogP contribution in [0.25, 0.3) is 0 Å². The Morgan fingerprint density at radius 3 is 2.47 bits per heavy atom. The number of benzene rings is 1. The minimum Gasteiger partial charge on any atom is -0.488 e. The number of hydrogen-bond donors (Lipinski definition) is 0. The summed E-state index contributed by atoms with van der Waals surface area (Å²) >= 11 is 5.73. The van der Waals surface area contributed by atoms with Gasteiger partial charge >= 0.3 is 12.1 Å². The van der Waals surface area contributed by atoms with Crippen LogP contribution in [0.2, 0.25) is 5.02 Å². The number of hydrogen-bond acceptors (Lipinski definition) is 3. The van der Waals surface area contributed by atoms with E-state index in [0.717, 1.165) is 0 Å². The van der Waals surface area contributed by atoms with E-state index in [1.807, 2.05) is 0 Å². The van der Waals surface area contributed by atoms with Crippen LogP contribution >= 0.6 is 11.6 Å². The topological polar surface area (TPSA) is 35.5 Å². The van der Waals surface area contributed by atoms with Gasteiger partial charge in [-0.15, -0.1) is 0 Å². The maximum absolute atomic E-state index is 11.7. The lowest BCUT2D eigenvalue weighted by Gasteiger charge is -2.09. The van der Waals surface area contributed by atoms with Gasteiger partial charge in [0.2, 0.25) is 0 Å². The molecule has 0 spiro atoms. The molecule has 0 aliphatic rings. The summed E-state index contributed by atoms with van der Waals surface area (Å²) in [5.41, 5.74) is 0. The molecule has 3 nitrogen and oxygen atoms in total. The van der Waals surface area contributed by atoms with Crippen molar-refractivity contribution in [2.45, 2.75) is 6.18 Å². The number of alkyl halides is 3. The van der Waals surface area contributed by atoms with Gasteiger partial charge in [-0.1, -0.05) is 23.7 Å². The highest BCUT2D eigenvalue weighted by Crippen LogP contribution is 2.23. The van der Waals surface area contributed by atoms with Gasteiger partial charge < -0.3 is 9.47 Å². The number of carbonyl (C=O) groups excluding carboxylic acids is 1. The molecule has 0 atom stereocenters. The fraction of sp³-hybridized carbons (Fsp3) is 0.300. The Labute approximate surface area is 100 Å². The van der Waals surface area contributed by atoms with E-state index >= 15 is 0 Å². The minimum atomic E-state index is -4.98. The van der Waals surface area contributed by atoms with E-state index in [4.69, 9.17) is 16.3 Å². The molecule has 17 heavy (non-hydrogen) atoms. The summed E-state index contributed by atoms with van der Waals surface area (Å²) < 4.78 is 44.1. The highest BCUT2D eigenvalue weighted by Gasteiger charge is 2.40. The van der Waals surface area contributed by atoms with Crippen molar-refractivity contribution in [2.24, 2.45) is 0 Å². The second-order valence-corrected chi connectivity index (χ2v) is 3.32. The maximum atomic E-state index is 11.7. The smallest absolute Gasteiger partial charge is 0.488 e. The molecule has 0 aliphatic carbocycles. The monoisotopic (exact) mass is 268 g/mol. The quantitative estimate of drug-likeness (QED) is 0.622. The second-order valence-electron chi connectivity index (χ2n) is 2.91. The predicted molar refractivity (Wildman–Crippen MR) is 54.0 cm³/mol. The molecule has 7 heteroatoms. The van der Waals surface area contributed by atoms with Crippen LogP contribution in [0.1, 0.15) is 0 Å². The molecule has 0 unspecified atom stereocenters. The lowest BCUT2D eigenvalue weighted by Crippen LogP contribution is -2.27. The van der Waals surface area contributed by atoms with Gasteiger partial charge in [0.25, 0.3) is 0 Å². The van der Waals surface area contributed by atoms with Gasteiger partial charge in [-0.25, -0.2) is 4.79 Å². The van der Waals surface area contributed by atoms with Crippen LogP contribution in [0.4, 0.5) is 13.2 Å². The molecular formula is C10H8ClF3O3. The van der Waals surface area contributed by atoms with Crippen LogP contribution in [0, 0.1) is 0 Å². The summed E-state index contributed by atoms with van der Waals surface area (Å²) in [6, 6.07) is 6.45. The number of rotatable bonds is 4. The van der Waals surface area contributed by atoms with Crippen LogP contribution in [0.5, 0.6) is 5.75 Å². The normalized spacial score (nSPS) is 11.1. The average Bonchev–Trinajstić information content (AvgIpc) is 2.25. The van der Waals surface area contributed by atoms with Crippen LogP contribution in [0.3, 0.4) is 0 Å². The Morgan fingerprint density at radius 2 is 1.88 bits per heavy atom. The first-order valence-corrected chi connectivity index (χ1v) is 4.90. The average molecular weight is 269 g/mol. The molecule has 0 aromatic heterocycles. The Bertz CT molecular complexity index is 393. The van der Waals surface area contributed by atoms with Crippen LogP contribution in [0.15, 0.2) is 24.3 Å². The SMILES string of the molecule is O=C(OCCOc1ccccc1Cl)C(F)(F)F. The number of esters is 1. The van der Waals surface area contributed by atoms with Crippen molar-refractivity contribution < 1.29 is 27.4 Å². The molecule has 1 aromatic carbocycles. The molecule has 0 heterocycles. The van der Waals surface area contributed by atoms with Crippen molar-refractivity contribution >= 4 is 17.6 Å². The fourth-order valence-electron chi connectivity index (χ4n) is 0.930. The Hall–Kier alpha value is -1.43. The van der Waals surface area contributed by atoms with Crippen molar-refractivity contribution in [1.82, 2.24) is 0 Å². The van der Waals surface area contributed by atoms with Gasteiger partial charge in [-0.05, 0) is 12.1 Å². The highest BCUT2D eigenvalue weighted by atomic mass is 35.5. The lowest BCUT2D eigenvalue weighted by atomic mass is 10.3. The van der Waals surface area contributed by atoms with E-state index in [9.17, 15) is 18.0 Å². The van der Waals surface area contributed by atoms with Crippen molar-refractivity contribution in [3.8, 4) is 5.75 Å². The molecule has 0 fully saturated rings. The zero-order valence-electron chi connectivity index (χ0n) is 8.46. The highest BCUT2D eigenvalue weighted by molar-refractivity contribution is 6.32. The lowest BCUT2D eigenvalue weighted by molar-refractivity contribution is -0.200. The van der Waals surface area contributed by atoms with Gasteiger partial charge in [0, 0.05) is 0 Å². The van der Waals surface area contributed by atoms with Crippen LogP contribution in [-0.2, 0) is 9.53 Å². The summed E-state index contributed by atoms with van der Waals surface area (Å²) in [5, 5.41) is 0.328. The molecule has 1 rings (SSSR count). The maximum Gasteiger partial charge on any atom is 0.490 e. The van der Waals surface area contributed by atoms with Crippen LogP contribution < -0.4 is 4.74 Å². The van der Waals surface area contributed by atoms with Gasteiger partial charge in [-0.2, -0.15) is 13.2 Å². The molecule has 0 radical (unpaired) electrons. The number of halogens is 4. The molecule has 94 valence electrons. The molecule has 0 aliphatic heterocycles. The van der Waals surface area contributed by atoms with Crippen molar-refractivity contribution in [2.75, 3.05) is 13.2 Å². The molecule has 0 saturated carbocycles. The van der Waals surface area contributed by atoms with E-state index in [2.05, 4.69) is 4.74 Å². The number of para-hydroxylation sites is 1. The van der Waals surface area contributed by atoms with Crippen LogP contribution in [-0.4, -0.2) is 25.4 Å². The molecule has 0 bridgehead atoms. The van der Waals surface area contributed by atoms with Crippen molar-refractivity contribution in [3.63, 3.8) is 0 Å². The molecule has 0 saturated heterocycles. The Balaban J connectivity index is 2.30. The summed E-state index contributed by atoms with van der Waals surface area (Å²) in [6.45, 7) is -0.699. The van der Waals surface area contributed by atoms with Gasteiger partial charge in [0.15, 0.2) is 0 Å². The van der Waals surface area contributed by atoms with Gasteiger partial charge in [-0.3, -0.25) is 0 Å². The van der Waals surface area contributed by atoms with E-state index in [1.54, 1.807) is 24.3 Å². The second kappa shape index (κ2) is 5.77. The first kappa shape index (κ1) is 13.6. The first-order valence-electron chi connectivity index (χ1n) is 4.52. The third-order valence-electron chi connectivity index (χ3n) is 1.64. The molecular weight excluding hydrogens is 261 g/mol. The Morgan fingerprint density at radius 1 is 1.24 bits per heavy atom. The largest absolute Gasteiger partial charge is 0.490 e. The van der Waals surface area contributed by atoms with Gasteiger partial charge in [0.05, 0.1) is 5.02 Å². The number of carbonyl (C=O) groups is 1. The van der Waals surface area contributed by atoms with Crippen molar-refractivity contribution in [1.29, 1.82) is 0 Å². The summed E-state index contributed by atoms with van der Waals surface area (Å²) in [4.78, 5) is 10.3. The van der Waals surface area contributed by atoms with Gasteiger partial charge in [0.1, 0.15) is 19.0 Å². The number of ether oxygens (including phenoxy) is 2. The summed E-state index contributed by atoms with van der Waals surface area (Å²) in [7, 11) is 0. The summed E-state index contributed by atoms with van der Waals surface area (Å²) in [5.74, 6) is -1.92. The zero-order valence-corrected chi connectivity index (χ0v) is 9.22. The van der Waals surface area contributed by atoms with E-state index in [0.29, 0.717) is 10.8 Å². The minimum absolute atomic E-state index is 0.203. The zero-order chi connectivity index (χ0) is 12.9. The Kier molecular flexibility index (Phi) is 4.62. The predicted octanol–water partition coefficient (Wildman–Crippen LogP) is 2.82. The third-order valence-corrected chi connectivity index (χ3v) is 1.95. The fourth-order valence-corrected chi connectivity index (χ4v) is 1.12. The standard InChI is InChI=1S/C10H8ClF3O3/c11-7-3-1-2-4-8(7)16-5-6-17-9(15)10(12,13)14/h1-4H,5-6H2.